The molecule has 17 heavy (non-hydrogen) atoms. The lowest BCUT2D eigenvalue weighted by atomic mass is 10.2. The lowest BCUT2D eigenvalue weighted by Crippen LogP contribution is -2.36. The van der Waals surface area contributed by atoms with Gasteiger partial charge in [-0.2, -0.15) is 5.10 Å². The third-order valence-electron chi connectivity index (χ3n) is 2.39. The average Bonchev–Trinajstić information content (AvgIpc) is 2.61. The number of rotatable bonds is 6. The standard InChI is InChI=1S/C11H20N4O2/c1-4-5-8-9(12)10(15-14-8)11(16)13-7(2)6-17-3/h7H,4-6,12H2,1-3H3,(H,13,16)(H,14,15). The van der Waals surface area contributed by atoms with Crippen molar-refractivity contribution in [3.8, 4) is 0 Å². The van der Waals surface area contributed by atoms with Gasteiger partial charge in [-0.05, 0) is 13.3 Å². The van der Waals surface area contributed by atoms with Crippen LogP contribution in [0, 0.1) is 0 Å². The minimum Gasteiger partial charge on any atom is -0.395 e. The molecule has 6 heteroatoms. The minimum atomic E-state index is -0.273. The van der Waals surface area contributed by atoms with Gasteiger partial charge < -0.3 is 15.8 Å². The van der Waals surface area contributed by atoms with E-state index in [9.17, 15) is 4.79 Å². The summed E-state index contributed by atoms with van der Waals surface area (Å²) in [5, 5.41) is 9.51. The van der Waals surface area contributed by atoms with Crippen molar-refractivity contribution in [1.82, 2.24) is 15.5 Å². The molecular formula is C11H20N4O2. The Bertz CT molecular complexity index is 376. The maximum atomic E-state index is 11.8. The monoisotopic (exact) mass is 240 g/mol. The minimum absolute atomic E-state index is 0.0711. The van der Waals surface area contributed by atoms with Crippen LogP contribution in [0.3, 0.4) is 0 Å². The molecule has 0 aromatic carbocycles. The van der Waals surface area contributed by atoms with Gasteiger partial charge in [-0.3, -0.25) is 9.89 Å². The SMILES string of the molecule is CCCc1[nH]nc(C(=O)NC(C)COC)c1N. The van der Waals surface area contributed by atoms with Crippen LogP contribution in [0.2, 0.25) is 0 Å². The number of aromatic amines is 1. The number of hydrogen-bond donors (Lipinski definition) is 3. The largest absolute Gasteiger partial charge is 0.395 e. The number of H-pyrrole nitrogens is 1. The van der Waals surface area contributed by atoms with E-state index in [1.54, 1.807) is 7.11 Å². The fraction of sp³-hybridized carbons (Fsp3) is 0.636. The summed E-state index contributed by atoms with van der Waals surface area (Å²) in [5.74, 6) is -0.273. The number of hydrogen-bond acceptors (Lipinski definition) is 4. The summed E-state index contributed by atoms with van der Waals surface area (Å²) in [6.45, 7) is 4.36. The summed E-state index contributed by atoms with van der Waals surface area (Å²) in [5.41, 5.74) is 7.37. The van der Waals surface area contributed by atoms with E-state index in [4.69, 9.17) is 10.5 Å². The van der Waals surface area contributed by atoms with Gasteiger partial charge in [0.15, 0.2) is 5.69 Å². The van der Waals surface area contributed by atoms with Gasteiger partial charge in [-0.15, -0.1) is 0 Å². The lowest BCUT2D eigenvalue weighted by molar-refractivity contribution is 0.0901. The van der Waals surface area contributed by atoms with E-state index in [0.717, 1.165) is 18.5 Å². The maximum Gasteiger partial charge on any atom is 0.274 e. The van der Waals surface area contributed by atoms with Crippen LogP contribution in [0.5, 0.6) is 0 Å². The van der Waals surface area contributed by atoms with Crippen LogP contribution in [0.15, 0.2) is 0 Å². The van der Waals surface area contributed by atoms with Crippen LogP contribution in [0.1, 0.15) is 36.5 Å². The fourth-order valence-corrected chi connectivity index (χ4v) is 1.58. The maximum absolute atomic E-state index is 11.8. The Morgan fingerprint density at radius 3 is 2.94 bits per heavy atom. The number of aryl methyl sites for hydroxylation is 1. The Kier molecular flexibility index (Phi) is 4.96. The van der Waals surface area contributed by atoms with E-state index in [-0.39, 0.29) is 17.6 Å². The molecule has 0 spiro atoms. The van der Waals surface area contributed by atoms with Crippen LogP contribution < -0.4 is 11.1 Å². The van der Waals surface area contributed by atoms with Crippen LogP contribution in [-0.4, -0.2) is 35.9 Å². The predicted molar refractivity (Wildman–Crippen MR) is 65.8 cm³/mol. The van der Waals surface area contributed by atoms with E-state index in [2.05, 4.69) is 15.5 Å². The summed E-state index contributed by atoms with van der Waals surface area (Å²) in [6.07, 6.45) is 1.74. The second-order valence-electron chi connectivity index (χ2n) is 4.04. The van der Waals surface area contributed by atoms with Crippen LogP contribution >= 0.6 is 0 Å². The fourth-order valence-electron chi connectivity index (χ4n) is 1.58. The van der Waals surface area contributed by atoms with E-state index in [0.29, 0.717) is 12.3 Å². The second-order valence-corrected chi connectivity index (χ2v) is 4.04. The normalized spacial score (nSPS) is 12.4. The number of nitrogens with one attached hydrogen (secondary N) is 2. The zero-order chi connectivity index (χ0) is 12.8. The number of nitrogen functional groups attached to an aromatic ring is 1. The molecule has 1 unspecified atom stereocenters. The van der Waals surface area contributed by atoms with Crippen molar-refractivity contribution < 1.29 is 9.53 Å². The molecule has 0 saturated heterocycles. The number of nitrogens with zero attached hydrogens (tertiary/aromatic N) is 1. The summed E-state index contributed by atoms with van der Waals surface area (Å²) in [6, 6.07) is -0.0711. The first-order valence-corrected chi connectivity index (χ1v) is 5.72. The molecule has 1 amide bonds. The highest BCUT2D eigenvalue weighted by molar-refractivity contribution is 5.97. The first kappa shape index (κ1) is 13.5. The molecule has 0 aliphatic carbocycles. The van der Waals surface area contributed by atoms with Crippen molar-refractivity contribution in [2.75, 3.05) is 19.5 Å². The van der Waals surface area contributed by atoms with Crippen LogP contribution in [0.4, 0.5) is 5.69 Å². The number of carbonyl (C=O) groups excluding carboxylic acids is 1. The number of aromatic nitrogens is 2. The zero-order valence-electron chi connectivity index (χ0n) is 10.5. The van der Waals surface area contributed by atoms with Crippen molar-refractivity contribution in [1.29, 1.82) is 0 Å². The van der Waals surface area contributed by atoms with E-state index in [1.165, 1.54) is 0 Å². The molecule has 6 nitrogen and oxygen atoms in total. The molecule has 1 atom stereocenters. The number of ether oxygens (including phenoxy) is 1. The summed E-state index contributed by atoms with van der Waals surface area (Å²) < 4.78 is 4.94. The average molecular weight is 240 g/mol. The van der Waals surface area contributed by atoms with E-state index < -0.39 is 0 Å². The van der Waals surface area contributed by atoms with Gasteiger partial charge in [-0.1, -0.05) is 13.3 Å². The first-order chi connectivity index (χ1) is 8.10. The number of carbonyl (C=O) groups is 1. The molecule has 1 aromatic heterocycles. The molecule has 1 rings (SSSR count). The molecule has 1 heterocycles. The molecule has 0 radical (unpaired) electrons. The Balaban J connectivity index is 2.69. The summed E-state index contributed by atoms with van der Waals surface area (Å²) in [4.78, 5) is 11.8. The Morgan fingerprint density at radius 1 is 1.65 bits per heavy atom. The molecule has 0 bridgehead atoms. The Hall–Kier alpha value is -1.56. The van der Waals surface area contributed by atoms with E-state index in [1.807, 2.05) is 13.8 Å². The third-order valence-corrected chi connectivity index (χ3v) is 2.39. The van der Waals surface area contributed by atoms with Gasteiger partial charge in [0, 0.05) is 13.2 Å². The Labute approximate surface area is 101 Å². The molecule has 96 valence electrons. The molecule has 1 aromatic rings. The summed E-state index contributed by atoms with van der Waals surface area (Å²) >= 11 is 0. The smallest absolute Gasteiger partial charge is 0.274 e. The number of anilines is 1. The number of nitrogens with two attached hydrogens (primary N) is 1. The summed E-state index contributed by atoms with van der Waals surface area (Å²) in [7, 11) is 1.59. The zero-order valence-corrected chi connectivity index (χ0v) is 10.5. The van der Waals surface area contributed by atoms with Gasteiger partial charge >= 0.3 is 0 Å². The molecule has 4 N–H and O–H groups in total. The molecule has 0 aliphatic heterocycles. The van der Waals surface area contributed by atoms with Crippen molar-refractivity contribution in [2.24, 2.45) is 0 Å². The molecule has 0 fully saturated rings. The highest BCUT2D eigenvalue weighted by Crippen LogP contribution is 2.15. The van der Waals surface area contributed by atoms with Crippen molar-refractivity contribution in [2.45, 2.75) is 32.7 Å². The quantitative estimate of drug-likeness (QED) is 0.682. The highest BCUT2D eigenvalue weighted by Gasteiger charge is 2.18. The van der Waals surface area contributed by atoms with Crippen molar-refractivity contribution in [3.63, 3.8) is 0 Å². The van der Waals surface area contributed by atoms with Gasteiger partial charge in [-0.25, -0.2) is 0 Å². The highest BCUT2D eigenvalue weighted by atomic mass is 16.5. The molecule has 0 saturated carbocycles. The van der Waals surface area contributed by atoms with Crippen molar-refractivity contribution in [3.05, 3.63) is 11.4 Å². The van der Waals surface area contributed by atoms with Gasteiger partial charge in [0.05, 0.1) is 18.0 Å². The van der Waals surface area contributed by atoms with Crippen LogP contribution in [-0.2, 0) is 11.2 Å². The van der Waals surface area contributed by atoms with Gasteiger partial charge in [0.25, 0.3) is 5.91 Å². The number of methoxy groups -OCH3 is 1. The third kappa shape index (κ3) is 3.45. The van der Waals surface area contributed by atoms with E-state index >= 15 is 0 Å². The topological polar surface area (TPSA) is 93.0 Å². The Morgan fingerprint density at radius 2 is 2.35 bits per heavy atom. The van der Waals surface area contributed by atoms with Gasteiger partial charge in [0.1, 0.15) is 0 Å². The first-order valence-electron chi connectivity index (χ1n) is 5.72. The molecule has 0 aliphatic rings. The second kappa shape index (κ2) is 6.24. The van der Waals surface area contributed by atoms with Crippen molar-refractivity contribution >= 4 is 11.6 Å². The van der Waals surface area contributed by atoms with Gasteiger partial charge in [0.2, 0.25) is 0 Å². The predicted octanol–water partition coefficient (Wildman–Crippen LogP) is 0.709. The molecular weight excluding hydrogens is 220 g/mol. The number of amides is 1. The lowest BCUT2D eigenvalue weighted by Gasteiger charge is -2.11. The van der Waals surface area contributed by atoms with Crippen LogP contribution in [0.25, 0.3) is 0 Å².